The van der Waals surface area contributed by atoms with Crippen LogP contribution in [0.3, 0.4) is 0 Å². The third kappa shape index (κ3) is 2.51. The molecule has 0 saturated heterocycles. The summed E-state index contributed by atoms with van der Waals surface area (Å²) in [5.74, 6) is 0.343. The Morgan fingerprint density at radius 3 is 2.92 bits per heavy atom. The molecule has 0 aliphatic carbocycles. The lowest BCUT2D eigenvalue weighted by Crippen LogP contribution is -2.29. The zero-order valence-electron chi connectivity index (χ0n) is 6.53. The first kappa shape index (κ1) is 9.01. The molecule has 6 nitrogen and oxygen atoms in total. The van der Waals surface area contributed by atoms with Crippen LogP contribution in [-0.4, -0.2) is 25.2 Å². The lowest BCUT2D eigenvalue weighted by atomic mass is 10.7. The summed E-state index contributed by atoms with van der Waals surface area (Å²) >= 11 is 0. The van der Waals surface area contributed by atoms with E-state index < -0.39 is 10.2 Å². The Balaban J connectivity index is 2.63. The van der Waals surface area contributed by atoms with Gasteiger partial charge in [-0.25, -0.2) is 0 Å². The van der Waals surface area contributed by atoms with Crippen LogP contribution in [0.5, 0.6) is 0 Å². The summed E-state index contributed by atoms with van der Waals surface area (Å²) in [6.45, 7) is 2.05. The van der Waals surface area contributed by atoms with E-state index in [4.69, 9.17) is 0 Å². The quantitative estimate of drug-likeness (QED) is 0.608. The number of anilines is 1. The smallest absolute Gasteiger partial charge is 0.262 e. The summed E-state index contributed by atoms with van der Waals surface area (Å²) in [6, 6.07) is 1.52. The molecule has 12 heavy (non-hydrogen) atoms. The van der Waals surface area contributed by atoms with Crippen molar-refractivity contribution in [2.24, 2.45) is 0 Å². The van der Waals surface area contributed by atoms with Crippen LogP contribution in [0.2, 0.25) is 0 Å². The summed E-state index contributed by atoms with van der Waals surface area (Å²) in [5.41, 5.74) is 0. The summed E-state index contributed by atoms with van der Waals surface area (Å²) in [4.78, 5) is 0. The van der Waals surface area contributed by atoms with E-state index >= 15 is 0 Å². The van der Waals surface area contributed by atoms with Crippen LogP contribution in [0.4, 0.5) is 5.82 Å². The second-order valence-electron chi connectivity index (χ2n) is 2.07. The van der Waals surface area contributed by atoms with Crippen molar-refractivity contribution in [3.8, 4) is 0 Å². The predicted octanol–water partition coefficient (Wildman–Crippen LogP) is -0.324. The molecule has 0 fully saturated rings. The predicted molar refractivity (Wildman–Crippen MR) is 44.8 cm³/mol. The van der Waals surface area contributed by atoms with Crippen molar-refractivity contribution >= 4 is 16.0 Å². The van der Waals surface area contributed by atoms with Crippen molar-refractivity contribution in [1.82, 2.24) is 14.9 Å². The molecule has 0 unspecified atom stereocenters. The van der Waals surface area contributed by atoms with Crippen molar-refractivity contribution in [2.45, 2.75) is 6.92 Å². The van der Waals surface area contributed by atoms with Gasteiger partial charge in [0, 0.05) is 12.6 Å². The largest absolute Gasteiger partial charge is 0.300 e. The van der Waals surface area contributed by atoms with Gasteiger partial charge in [-0.3, -0.25) is 9.82 Å². The maximum absolute atomic E-state index is 11.0. The first-order valence-electron chi connectivity index (χ1n) is 3.41. The Kier molecular flexibility index (Phi) is 2.66. The summed E-state index contributed by atoms with van der Waals surface area (Å²) in [7, 11) is -3.43. The van der Waals surface area contributed by atoms with Crippen LogP contribution >= 0.6 is 0 Å². The molecule has 0 aliphatic rings. The van der Waals surface area contributed by atoms with Gasteiger partial charge in [0.2, 0.25) is 0 Å². The van der Waals surface area contributed by atoms with Gasteiger partial charge in [0.1, 0.15) is 5.82 Å². The summed E-state index contributed by atoms with van der Waals surface area (Å²) in [5, 5.41) is 6.06. The minimum absolute atomic E-state index is 0.343. The molecule has 0 atom stereocenters. The molecule has 0 bridgehead atoms. The molecule has 0 spiro atoms. The standard InChI is InChI=1S/C5H10N4O2S/c1-2-7-12(10,11)9-5-3-4-6-8-5/h3-4,7H,2H2,1H3,(H2,6,8,9). The number of nitrogens with zero attached hydrogens (tertiary/aromatic N) is 1. The van der Waals surface area contributed by atoms with Crippen molar-refractivity contribution in [1.29, 1.82) is 0 Å². The first-order chi connectivity index (χ1) is 5.64. The molecular formula is C5H10N4O2S. The molecule has 1 rings (SSSR count). The zero-order chi connectivity index (χ0) is 9.03. The van der Waals surface area contributed by atoms with Crippen molar-refractivity contribution < 1.29 is 8.42 Å². The van der Waals surface area contributed by atoms with Crippen molar-refractivity contribution in [2.75, 3.05) is 11.3 Å². The van der Waals surface area contributed by atoms with E-state index in [2.05, 4.69) is 19.6 Å². The number of aromatic nitrogens is 2. The number of nitrogens with one attached hydrogen (secondary N) is 3. The molecule has 3 N–H and O–H groups in total. The van der Waals surface area contributed by atoms with E-state index in [1.807, 2.05) is 0 Å². The fourth-order valence-electron chi connectivity index (χ4n) is 0.684. The van der Waals surface area contributed by atoms with Crippen molar-refractivity contribution in [3.05, 3.63) is 12.3 Å². The fraction of sp³-hybridized carbons (Fsp3) is 0.400. The Bertz CT molecular complexity index is 317. The minimum atomic E-state index is -3.43. The lowest BCUT2D eigenvalue weighted by Gasteiger charge is -2.04. The highest BCUT2D eigenvalue weighted by Crippen LogP contribution is 1.99. The molecule has 0 aliphatic heterocycles. The van der Waals surface area contributed by atoms with Crippen LogP contribution in [0.15, 0.2) is 12.3 Å². The van der Waals surface area contributed by atoms with E-state index in [1.54, 1.807) is 6.92 Å². The molecular weight excluding hydrogens is 180 g/mol. The van der Waals surface area contributed by atoms with E-state index in [9.17, 15) is 8.42 Å². The topological polar surface area (TPSA) is 86.9 Å². The molecule has 0 saturated carbocycles. The summed E-state index contributed by atoms with van der Waals surface area (Å²) in [6.07, 6.45) is 1.46. The van der Waals surface area contributed by atoms with Crippen LogP contribution in [0, 0.1) is 0 Å². The number of H-pyrrole nitrogens is 1. The normalized spacial score (nSPS) is 11.4. The highest BCUT2D eigenvalue weighted by Gasteiger charge is 2.07. The molecule has 0 aromatic carbocycles. The molecule has 0 amide bonds. The second-order valence-corrected chi connectivity index (χ2v) is 3.57. The Hall–Kier alpha value is -1.08. The molecule has 1 aromatic rings. The third-order valence-electron chi connectivity index (χ3n) is 1.08. The molecule has 7 heteroatoms. The molecule has 1 aromatic heterocycles. The third-order valence-corrected chi connectivity index (χ3v) is 2.24. The van der Waals surface area contributed by atoms with Gasteiger partial charge in [0.05, 0.1) is 6.20 Å². The monoisotopic (exact) mass is 190 g/mol. The maximum Gasteiger partial charge on any atom is 0.300 e. The van der Waals surface area contributed by atoms with Crippen LogP contribution in [0.25, 0.3) is 0 Å². The van der Waals surface area contributed by atoms with Gasteiger partial charge < -0.3 is 0 Å². The lowest BCUT2D eigenvalue weighted by molar-refractivity contribution is 0.589. The number of rotatable bonds is 4. The van der Waals surface area contributed by atoms with Gasteiger partial charge in [-0.1, -0.05) is 6.92 Å². The van der Waals surface area contributed by atoms with Gasteiger partial charge in [-0.2, -0.15) is 18.2 Å². The van der Waals surface area contributed by atoms with Gasteiger partial charge in [0.15, 0.2) is 0 Å². The highest BCUT2D eigenvalue weighted by molar-refractivity contribution is 7.90. The van der Waals surface area contributed by atoms with Gasteiger partial charge in [0.25, 0.3) is 10.2 Å². The van der Waals surface area contributed by atoms with Crippen LogP contribution in [0.1, 0.15) is 6.92 Å². The molecule has 68 valence electrons. The van der Waals surface area contributed by atoms with E-state index in [0.717, 1.165) is 0 Å². The van der Waals surface area contributed by atoms with Crippen molar-refractivity contribution in [3.63, 3.8) is 0 Å². The minimum Gasteiger partial charge on any atom is -0.262 e. The van der Waals surface area contributed by atoms with Gasteiger partial charge in [-0.15, -0.1) is 0 Å². The Morgan fingerprint density at radius 1 is 1.67 bits per heavy atom. The Morgan fingerprint density at radius 2 is 2.42 bits per heavy atom. The number of hydrogen-bond donors (Lipinski definition) is 3. The van der Waals surface area contributed by atoms with Gasteiger partial charge >= 0.3 is 0 Å². The number of hydrogen-bond acceptors (Lipinski definition) is 3. The first-order valence-corrected chi connectivity index (χ1v) is 4.89. The van der Waals surface area contributed by atoms with Crippen LogP contribution < -0.4 is 9.44 Å². The van der Waals surface area contributed by atoms with E-state index in [-0.39, 0.29) is 0 Å². The van der Waals surface area contributed by atoms with E-state index in [0.29, 0.717) is 12.4 Å². The average Bonchev–Trinajstić information content (AvgIpc) is 2.38. The highest BCUT2D eigenvalue weighted by atomic mass is 32.2. The average molecular weight is 190 g/mol. The van der Waals surface area contributed by atoms with Gasteiger partial charge in [-0.05, 0) is 0 Å². The zero-order valence-corrected chi connectivity index (χ0v) is 7.35. The van der Waals surface area contributed by atoms with E-state index in [1.165, 1.54) is 12.3 Å². The molecule has 1 heterocycles. The summed E-state index contributed by atoms with van der Waals surface area (Å²) < 4.78 is 26.6. The molecule has 0 radical (unpaired) electrons. The maximum atomic E-state index is 11.0. The SMILES string of the molecule is CCNS(=O)(=O)Nc1ccn[nH]1. The second kappa shape index (κ2) is 3.55. The van der Waals surface area contributed by atoms with Crippen LogP contribution in [-0.2, 0) is 10.2 Å². The Labute approximate surface area is 70.6 Å². The number of aromatic amines is 1. The fourth-order valence-corrected chi connectivity index (χ4v) is 1.54.